The van der Waals surface area contributed by atoms with E-state index in [2.05, 4.69) is 24.0 Å². The zero-order valence-electron chi connectivity index (χ0n) is 11.5. The Labute approximate surface area is 114 Å². The summed E-state index contributed by atoms with van der Waals surface area (Å²) in [6.45, 7) is 5.28. The maximum atomic E-state index is 10.8. The number of rotatable bonds is 5. The number of quaternary nitrogens is 1. The number of carbonyl (C=O) groups excluding carboxylic acids is 1. The number of likely N-dealkylation sites (tertiary alicyclic amines) is 1. The van der Waals surface area contributed by atoms with Crippen LogP contribution in [0.15, 0.2) is 24.5 Å². The highest BCUT2D eigenvalue weighted by Crippen LogP contribution is 2.23. The fourth-order valence-electron chi connectivity index (χ4n) is 3.18. The lowest BCUT2D eigenvalue weighted by molar-refractivity contribution is -0.923. The standard InChI is InChI=1S/C15H22N2O2/c1-2-13-11-17(8-5-14(13)9-15(18)19)10-12-3-6-16-7-4-12/h3-4,6-7,13-14H,2,5,8-11H2,1H3,(H,18,19)/t13-,14-/m0/s1. The van der Waals surface area contributed by atoms with Crippen LogP contribution in [0.2, 0.25) is 0 Å². The molecule has 2 heterocycles. The molecule has 0 radical (unpaired) electrons. The molecule has 1 aliphatic rings. The van der Waals surface area contributed by atoms with Crippen molar-refractivity contribution in [3.63, 3.8) is 0 Å². The Bertz CT molecular complexity index is 408. The van der Waals surface area contributed by atoms with Gasteiger partial charge < -0.3 is 14.8 Å². The van der Waals surface area contributed by atoms with Gasteiger partial charge in [0.25, 0.3) is 0 Å². The first kappa shape index (κ1) is 14.0. The van der Waals surface area contributed by atoms with Crippen LogP contribution >= 0.6 is 0 Å². The molecule has 1 unspecified atom stereocenters. The summed E-state index contributed by atoms with van der Waals surface area (Å²) in [5, 5.41) is 10.8. The molecule has 0 saturated carbocycles. The molecule has 0 bridgehead atoms. The predicted molar refractivity (Wildman–Crippen MR) is 70.1 cm³/mol. The Balaban J connectivity index is 1.91. The first-order valence-electron chi connectivity index (χ1n) is 7.11. The fourth-order valence-corrected chi connectivity index (χ4v) is 3.18. The van der Waals surface area contributed by atoms with Gasteiger partial charge in [-0.3, -0.25) is 4.98 Å². The van der Waals surface area contributed by atoms with Gasteiger partial charge in [0.2, 0.25) is 0 Å². The number of carboxylic acid groups (broad SMARTS) is 1. The smallest absolute Gasteiger partial charge is 0.103 e. The van der Waals surface area contributed by atoms with Crippen molar-refractivity contribution in [1.29, 1.82) is 0 Å². The average Bonchev–Trinajstić information content (AvgIpc) is 2.41. The van der Waals surface area contributed by atoms with Gasteiger partial charge in [0.05, 0.1) is 13.1 Å². The van der Waals surface area contributed by atoms with E-state index < -0.39 is 5.97 Å². The van der Waals surface area contributed by atoms with E-state index >= 15 is 0 Å². The molecule has 0 aliphatic carbocycles. The highest BCUT2D eigenvalue weighted by atomic mass is 16.4. The second kappa shape index (κ2) is 6.66. The maximum Gasteiger partial charge on any atom is 0.103 e. The largest absolute Gasteiger partial charge is 0.550 e. The Morgan fingerprint density at radius 3 is 2.79 bits per heavy atom. The second-order valence-electron chi connectivity index (χ2n) is 5.53. The van der Waals surface area contributed by atoms with Crippen molar-refractivity contribution < 1.29 is 14.8 Å². The van der Waals surface area contributed by atoms with Crippen molar-refractivity contribution in [2.75, 3.05) is 13.1 Å². The molecule has 104 valence electrons. The van der Waals surface area contributed by atoms with Crippen LogP contribution in [-0.2, 0) is 11.3 Å². The molecule has 2 rings (SSSR count). The highest BCUT2D eigenvalue weighted by molar-refractivity contribution is 5.64. The molecule has 0 amide bonds. The van der Waals surface area contributed by atoms with Gasteiger partial charge in [0, 0.05) is 36.3 Å². The molecule has 1 N–H and O–H groups in total. The number of nitrogens with zero attached hydrogens (tertiary/aromatic N) is 1. The van der Waals surface area contributed by atoms with Crippen molar-refractivity contribution in [2.24, 2.45) is 11.8 Å². The normalized spacial score (nSPS) is 27.1. The second-order valence-corrected chi connectivity index (χ2v) is 5.53. The summed E-state index contributed by atoms with van der Waals surface area (Å²) in [5.74, 6) is -0.0966. The molecule has 0 aromatic carbocycles. The summed E-state index contributed by atoms with van der Waals surface area (Å²) in [4.78, 5) is 16.4. The van der Waals surface area contributed by atoms with Crippen molar-refractivity contribution in [1.82, 2.24) is 4.98 Å². The zero-order valence-corrected chi connectivity index (χ0v) is 11.5. The topological polar surface area (TPSA) is 57.5 Å². The zero-order chi connectivity index (χ0) is 13.7. The summed E-state index contributed by atoms with van der Waals surface area (Å²) in [6, 6.07) is 4.11. The average molecular weight is 262 g/mol. The molecule has 1 saturated heterocycles. The fraction of sp³-hybridized carbons (Fsp3) is 0.600. The van der Waals surface area contributed by atoms with Crippen molar-refractivity contribution in [3.05, 3.63) is 30.1 Å². The van der Waals surface area contributed by atoms with Crippen LogP contribution in [-0.4, -0.2) is 24.0 Å². The van der Waals surface area contributed by atoms with Crippen LogP contribution < -0.4 is 10.0 Å². The van der Waals surface area contributed by atoms with Crippen LogP contribution in [0.4, 0.5) is 0 Å². The lowest BCUT2D eigenvalue weighted by Crippen LogP contribution is -3.12. The van der Waals surface area contributed by atoms with E-state index in [4.69, 9.17) is 0 Å². The number of carboxylic acids is 1. The molecular formula is C15H22N2O2. The molecule has 1 aromatic heterocycles. The van der Waals surface area contributed by atoms with E-state index in [9.17, 15) is 9.90 Å². The summed E-state index contributed by atoms with van der Waals surface area (Å²) in [6.07, 6.45) is 5.93. The van der Waals surface area contributed by atoms with Crippen LogP contribution in [0.5, 0.6) is 0 Å². The number of carbonyl (C=O) groups is 1. The van der Waals surface area contributed by atoms with Crippen molar-refractivity contribution >= 4 is 5.97 Å². The van der Waals surface area contributed by atoms with Gasteiger partial charge in [-0.25, -0.2) is 0 Å². The Kier molecular flexibility index (Phi) is 4.91. The number of nitrogens with one attached hydrogen (secondary N) is 1. The minimum atomic E-state index is -0.902. The Morgan fingerprint density at radius 2 is 2.16 bits per heavy atom. The quantitative estimate of drug-likeness (QED) is 0.789. The summed E-state index contributed by atoms with van der Waals surface area (Å²) in [5.41, 5.74) is 1.30. The van der Waals surface area contributed by atoms with E-state index in [1.807, 2.05) is 12.4 Å². The number of piperidine rings is 1. The Morgan fingerprint density at radius 1 is 1.42 bits per heavy atom. The summed E-state index contributed by atoms with van der Waals surface area (Å²) < 4.78 is 0. The molecule has 4 nitrogen and oxygen atoms in total. The van der Waals surface area contributed by atoms with Gasteiger partial charge in [-0.15, -0.1) is 0 Å². The number of aromatic nitrogens is 1. The molecule has 1 aliphatic heterocycles. The van der Waals surface area contributed by atoms with Gasteiger partial charge in [0.15, 0.2) is 0 Å². The van der Waals surface area contributed by atoms with Crippen LogP contribution in [0, 0.1) is 11.8 Å². The third-order valence-electron chi connectivity index (χ3n) is 4.24. The molecule has 4 heteroatoms. The number of aliphatic carboxylic acids is 1. The molecular weight excluding hydrogens is 240 g/mol. The molecule has 3 atom stereocenters. The van der Waals surface area contributed by atoms with E-state index in [0.717, 1.165) is 32.5 Å². The monoisotopic (exact) mass is 262 g/mol. The van der Waals surface area contributed by atoms with Crippen molar-refractivity contribution in [2.45, 2.75) is 32.7 Å². The molecule has 0 spiro atoms. The van der Waals surface area contributed by atoms with E-state index in [1.54, 1.807) is 4.90 Å². The number of hydrogen-bond acceptors (Lipinski definition) is 3. The van der Waals surface area contributed by atoms with Gasteiger partial charge in [-0.2, -0.15) is 0 Å². The lowest BCUT2D eigenvalue weighted by Gasteiger charge is -2.36. The Hall–Kier alpha value is -1.42. The van der Waals surface area contributed by atoms with E-state index in [-0.39, 0.29) is 6.42 Å². The third-order valence-corrected chi connectivity index (χ3v) is 4.24. The van der Waals surface area contributed by atoms with Crippen LogP contribution in [0.3, 0.4) is 0 Å². The van der Waals surface area contributed by atoms with Gasteiger partial charge in [-0.1, -0.05) is 6.92 Å². The van der Waals surface area contributed by atoms with Gasteiger partial charge in [-0.05, 0) is 30.9 Å². The highest BCUT2D eigenvalue weighted by Gasteiger charge is 2.30. The van der Waals surface area contributed by atoms with Crippen LogP contribution in [0.25, 0.3) is 0 Å². The molecule has 1 aromatic rings. The number of pyridine rings is 1. The SMILES string of the molecule is CC[C@H]1C[NH+](Cc2ccncc2)CC[C@H]1CC(=O)[O-]. The minimum Gasteiger partial charge on any atom is -0.550 e. The predicted octanol–water partition coefficient (Wildman–Crippen LogP) is -0.347. The van der Waals surface area contributed by atoms with Gasteiger partial charge in [0.1, 0.15) is 6.54 Å². The first-order valence-corrected chi connectivity index (χ1v) is 7.11. The summed E-state index contributed by atoms with van der Waals surface area (Å²) in [7, 11) is 0. The lowest BCUT2D eigenvalue weighted by atomic mass is 9.81. The van der Waals surface area contributed by atoms with Crippen molar-refractivity contribution in [3.8, 4) is 0 Å². The third kappa shape index (κ3) is 4.03. The van der Waals surface area contributed by atoms with E-state index in [0.29, 0.717) is 11.8 Å². The van der Waals surface area contributed by atoms with Crippen LogP contribution in [0.1, 0.15) is 31.7 Å². The molecule has 19 heavy (non-hydrogen) atoms. The maximum absolute atomic E-state index is 10.8. The van der Waals surface area contributed by atoms with E-state index in [1.165, 1.54) is 5.56 Å². The first-order chi connectivity index (χ1) is 9.19. The molecule has 1 fully saturated rings. The van der Waals surface area contributed by atoms with Gasteiger partial charge >= 0.3 is 0 Å². The summed E-state index contributed by atoms with van der Waals surface area (Å²) >= 11 is 0. The number of hydrogen-bond donors (Lipinski definition) is 1. The minimum absolute atomic E-state index is 0.223.